The number of nitrogens with one attached hydrogen (secondary N) is 1. The van der Waals surface area contributed by atoms with Crippen LogP contribution >= 0.6 is 11.6 Å². The quantitative estimate of drug-likeness (QED) is 0.628. The van der Waals surface area contributed by atoms with Crippen molar-refractivity contribution in [2.75, 3.05) is 12.4 Å². The summed E-state index contributed by atoms with van der Waals surface area (Å²) in [4.78, 5) is 11.7. The van der Waals surface area contributed by atoms with Crippen LogP contribution in [0.4, 0.5) is 8.78 Å². The van der Waals surface area contributed by atoms with E-state index in [0.29, 0.717) is 18.3 Å². The molecule has 1 unspecified atom stereocenters. The van der Waals surface area contributed by atoms with Crippen molar-refractivity contribution >= 4 is 17.5 Å². The maximum absolute atomic E-state index is 13.5. The first-order chi connectivity index (χ1) is 8.95. The van der Waals surface area contributed by atoms with E-state index in [-0.39, 0.29) is 11.1 Å². The number of alkyl halides is 1. The molecule has 0 radical (unpaired) electrons. The number of rotatable bonds is 6. The fourth-order valence-corrected chi connectivity index (χ4v) is 1.81. The van der Waals surface area contributed by atoms with Gasteiger partial charge in [-0.3, -0.25) is 4.79 Å². The molecule has 0 bridgehead atoms. The molecule has 0 heterocycles. The Hall–Kier alpha value is -1.16. The fourth-order valence-electron chi connectivity index (χ4n) is 1.66. The van der Waals surface area contributed by atoms with Crippen molar-refractivity contribution in [2.24, 2.45) is 5.92 Å². The number of aryl methyl sites for hydroxylation is 1. The van der Waals surface area contributed by atoms with Gasteiger partial charge < -0.3 is 5.32 Å². The van der Waals surface area contributed by atoms with Crippen LogP contribution in [0, 0.1) is 24.5 Å². The van der Waals surface area contributed by atoms with E-state index in [4.69, 9.17) is 11.6 Å². The highest BCUT2D eigenvalue weighted by Crippen LogP contribution is 2.14. The van der Waals surface area contributed by atoms with Crippen LogP contribution in [0.5, 0.6) is 0 Å². The van der Waals surface area contributed by atoms with Crippen LogP contribution < -0.4 is 5.32 Å². The summed E-state index contributed by atoms with van der Waals surface area (Å²) >= 11 is 5.67. The Labute approximate surface area is 117 Å². The number of carbonyl (C=O) groups is 1. The minimum absolute atomic E-state index is 0.121. The van der Waals surface area contributed by atoms with E-state index in [1.807, 2.05) is 6.92 Å². The minimum Gasteiger partial charge on any atom is -0.352 e. The first kappa shape index (κ1) is 15.9. The molecule has 1 aromatic carbocycles. The Kier molecular flexibility index (Phi) is 6.22. The molecule has 5 heteroatoms. The SMILES string of the molecule is Cc1cc(C(=O)NCCCC(C)CCl)c(F)cc1F. The third kappa shape index (κ3) is 4.78. The zero-order valence-electron chi connectivity index (χ0n) is 11.1. The van der Waals surface area contributed by atoms with E-state index in [9.17, 15) is 13.6 Å². The molecular weight excluding hydrogens is 272 g/mol. The molecule has 0 saturated heterocycles. The summed E-state index contributed by atoms with van der Waals surface area (Å²) in [5.41, 5.74) is 0.131. The zero-order chi connectivity index (χ0) is 14.4. The average molecular weight is 290 g/mol. The van der Waals surface area contributed by atoms with Gasteiger partial charge in [-0.05, 0) is 37.3 Å². The standard InChI is InChI=1S/C14H18ClF2NO/c1-9(8-15)4-3-5-18-14(19)11-6-10(2)12(16)7-13(11)17/h6-7,9H,3-5,8H2,1-2H3,(H,18,19). The van der Waals surface area contributed by atoms with Crippen LogP contribution in [0.15, 0.2) is 12.1 Å². The van der Waals surface area contributed by atoms with Crippen LogP contribution in [-0.4, -0.2) is 18.3 Å². The summed E-state index contributed by atoms with van der Waals surface area (Å²) in [6.45, 7) is 3.97. The second kappa shape index (κ2) is 7.43. The van der Waals surface area contributed by atoms with Gasteiger partial charge in [0.1, 0.15) is 11.6 Å². The fraction of sp³-hybridized carbons (Fsp3) is 0.500. The van der Waals surface area contributed by atoms with Crippen molar-refractivity contribution in [3.63, 3.8) is 0 Å². The van der Waals surface area contributed by atoms with Gasteiger partial charge in [0.25, 0.3) is 5.91 Å². The van der Waals surface area contributed by atoms with Gasteiger partial charge in [0, 0.05) is 18.5 Å². The molecular formula is C14H18ClF2NO. The molecule has 1 rings (SSSR count). The predicted molar refractivity (Wildman–Crippen MR) is 72.5 cm³/mol. The highest BCUT2D eigenvalue weighted by Gasteiger charge is 2.14. The van der Waals surface area contributed by atoms with Gasteiger partial charge >= 0.3 is 0 Å². The summed E-state index contributed by atoms with van der Waals surface area (Å²) in [6, 6.07) is 1.96. The normalized spacial score (nSPS) is 12.3. The van der Waals surface area contributed by atoms with Gasteiger partial charge in [0.05, 0.1) is 5.56 Å². The van der Waals surface area contributed by atoms with Gasteiger partial charge in [-0.1, -0.05) is 6.92 Å². The van der Waals surface area contributed by atoms with E-state index in [2.05, 4.69) is 5.32 Å². The number of carbonyl (C=O) groups excluding carboxylic acids is 1. The molecule has 2 nitrogen and oxygen atoms in total. The Balaban J connectivity index is 2.52. The molecule has 0 fully saturated rings. The lowest BCUT2D eigenvalue weighted by Gasteiger charge is -2.09. The summed E-state index contributed by atoms with van der Waals surface area (Å²) < 4.78 is 26.5. The highest BCUT2D eigenvalue weighted by atomic mass is 35.5. The van der Waals surface area contributed by atoms with Gasteiger partial charge in [0.15, 0.2) is 0 Å². The number of halogens is 3. The topological polar surface area (TPSA) is 29.1 Å². The second-order valence-corrected chi connectivity index (χ2v) is 5.05. The molecule has 1 N–H and O–H groups in total. The molecule has 1 amide bonds. The lowest BCUT2D eigenvalue weighted by atomic mass is 10.1. The number of benzene rings is 1. The molecule has 19 heavy (non-hydrogen) atoms. The third-order valence-corrected chi connectivity index (χ3v) is 3.44. The van der Waals surface area contributed by atoms with Gasteiger partial charge in [-0.15, -0.1) is 11.6 Å². The van der Waals surface area contributed by atoms with Crippen molar-refractivity contribution in [3.8, 4) is 0 Å². The second-order valence-electron chi connectivity index (χ2n) is 4.74. The maximum atomic E-state index is 13.5. The molecule has 0 aliphatic heterocycles. The summed E-state index contributed by atoms with van der Waals surface area (Å²) in [5.74, 6) is -1.03. The molecule has 0 saturated carbocycles. The molecule has 1 atom stereocenters. The van der Waals surface area contributed by atoms with Crippen molar-refractivity contribution in [3.05, 3.63) is 34.9 Å². The van der Waals surface area contributed by atoms with Crippen molar-refractivity contribution in [2.45, 2.75) is 26.7 Å². The Morgan fingerprint density at radius 2 is 2.05 bits per heavy atom. The number of hydrogen-bond acceptors (Lipinski definition) is 1. The lowest BCUT2D eigenvalue weighted by molar-refractivity contribution is 0.0948. The molecule has 0 aliphatic rings. The molecule has 106 valence electrons. The summed E-state index contributed by atoms with van der Waals surface area (Å²) in [7, 11) is 0. The highest BCUT2D eigenvalue weighted by molar-refractivity contribution is 6.18. The van der Waals surface area contributed by atoms with Gasteiger partial charge in [0.2, 0.25) is 0 Å². The first-order valence-electron chi connectivity index (χ1n) is 6.25. The number of amides is 1. The van der Waals surface area contributed by atoms with E-state index < -0.39 is 17.5 Å². The molecule has 0 spiro atoms. The third-order valence-electron chi connectivity index (χ3n) is 2.92. The van der Waals surface area contributed by atoms with Crippen LogP contribution in [0.3, 0.4) is 0 Å². The Morgan fingerprint density at radius 1 is 1.37 bits per heavy atom. The molecule has 0 aromatic heterocycles. The predicted octanol–water partition coefficient (Wildman–Crippen LogP) is 3.66. The average Bonchev–Trinajstić information content (AvgIpc) is 2.38. The monoisotopic (exact) mass is 289 g/mol. The van der Waals surface area contributed by atoms with E-state index in [1.165, 1.54) is 13.0 Å². The smallest absolute Gasteiger partial charge is 0.254 e. The van der Waals surface area contributed by atoms with Crippen molar-refractivity contribution in [1.82, 2.24) is 5.32 Å². The van der Waals surface area contributed by atoms with Crippen LogP contribution in [0.1, 0.15) is 35.7 Å². The Bertz CT molecular complexity index is 451. The van der Waals surface area contributed by atoms with Crippen molar-refractivity contribution in [1.29, 1.82) is 0 Å². The first-order valence-corrected chi connectivity index (χ1v) is 6.79. The number of hydrogen-bond donors (Lipinski definition) is 1. The maximum Gasteiger partial charge on any atom is 0.254 e. The largest absolute Gasteiger partial charge is 0.352 e. The van der Waals surface area contributed by atoms with Gasteiger partial charge in [-0.25, -0.2) is 8.78 Å². The van der Waals surface area contributed by atoms with E-state index in [1.54, 1.807) is 0 Å². The Morgan fingerprint density at radius 3 is 2.68 bits per heavy atom. The summed E-state index contributed by atoms with van der Waals surface area (Å²) in [6.07, 6.45) is 1.68. The molecule has 1 aromatic rings. The van der Waals surface area contributed by atoms with Crippen LogP contribution in [-0.2, 0) is 0 Å². The minimum atomic E-state index is -0.838. The molecule has 0 aliphatic carbocycles. The van der Waals surface area contributed by atoms with Crippen LogP contribution in [0.25, 0.3) is 0 Å². The lowest BCUT2D eigenvalue weighted by Crippen LogP contribution is -2.26. The zero-order valence-corrected chi connectivity index (χ0v) is 11.9. The summed E-state index contributed by atoms with van der Waals surface area (Å²) in [5, 5.41) is 2.62. The van der Waals surface area contributed by atoms with Crippen LogP contribution in [0.2, 0.25) is 0 Å². The van der Waals surface area contributed by atoms with E-state index in [0.717, 1.165) is 18.9 Å². The van der Waals surface area contributed by atoms with Crippen molar-refractivity contribution < 1.29 is 13.6 Å². The van der Waals surface area contributed by atoms with E-state index >= 15 is 0 Å². The van der Waals surface area contributed by atoms with Gasteiger partial charge in [-0.2, -0.15) is 0 Å².